The zero-order chi connectivity index (χ0) is 14.3. The minimum absolute atomic E-state index is 0.0286. The van der Waals surface area contributed by atoms with E-state index >= 15 is 0 Å². The summed E-state index contributed by atoms with van der Waals surface area (Å²) in [5, 5.41) is 9.80. The van der Waals surface area contributed by atoms with Gasteiger partial charge >= 0.3 is 0 Å². The summed E-state index contributed by atoms with van der Waals surface area (Å²) in [6.07, 6.45) is 1.78. The molecular weight excluding hydrogens is 242 g/mol. The van der Waals surface area contributed by atoms with Crippen molar-refractivity contribution in [3.63, 3.8) is 0 Å². The Balaban J connectivity index is 2.96. The smallest absolute Gasteiger partial charge is 0.257 e. The molecule has 0 unspecified atom stereocenters. The van der Waals surface area contributed by atoms with Gasteiger partial charge in [0, 0.05) is 19.7 Å². The summed E-state index contributed by atoms with van der Waals surface area (Å²) in [6.45, 7) is 5.16. The van der Waals surface area contributed by atoms with Crippen molar-refractivity contribution in [2.75, 3.05) is 20.3 Å². The molecule has 106 valence electrons. The summed E-state index contributed by atoms with van der Waals surface area (Å²) in [7, 11) is 1.62. The van der Waals surface area contributed by atoms with Crippen LogP contribution in [0.1, 0.15) is 37.0 Å². The lowest BCUT2D eigenvalue weighted by atomic mass is 10.1. The molecule has 0 atom stereocenters. The maximum Gasteiger partial charge on any atom is 0.257 e. The van der Waals surface area contributed by atoms with Gasteiger partial charge in [-0.1, -0.05) is 26.0 Å². The van der Waals surface area contributed by atoms with Crippen LogP contribution in [-0.2, 0) is 4.74 Å². The lowest BCUT2D eigenvalue weighted by molar-refractivity contribution is 0.0586. The molecule has 0 radical (unpaired) electrons. The number of aromatic hydroxyl groups is 1. The first kappa shape index (κ1) is 15.5. The van der Waals surface area contributed by atoms with Crippen molar-refractivity contribution < 1.29 is 14.6 Å². The van der Waals surface area contributed by atoms with Gasteiger partial charge in [0.25, 0.3) is 5.91 Å². The van der Waals surface area contributed by atoms with Crippen molar-refractivity contribution in [3.05, 3.63) is 29.8 Å². The van der Waals surface area contributed by atoms with E-state index < -0.39 is 0 Å². The quantitative estimate of drug-likeness (QED) is 0.824. The van der Waals surface area contributed by atoms with E-state index in [-0.39, 0.29) is 17.7 Å². The van der Waals surface area contributed by atoms with E-state index in [9.17, 15) is 9.90 Å². The first-order valence-electron chi connectivity index (χ1n) is 6.73. The topological polar surface area (TPSA) is 49.8 Å². The molecule has 0 bridgehead atoms. The number of benzene rings is 1. The average molecular weight is 265 g/mol. The Labute approximate surface area is 115 Å². The lowest BCUT2D eigenvalue weighted by Gasteiger charge is -2.30. The van der Waals surface area contributed by atoms with Crippen LogP contribution >= 0.6 is 0 Å². The van der Waals surface area contributed by atoms with Crippen LogP contribution in [0.25, 0.3) is 0 Å². The normalized spacial score (nSPS) is 10.7. The molecule has 1 aromatic rings. The number of methoxy groups -OCH3 is 1. The van der Waals surface area contributed by atoms with Gasteiger partial charge in [0.05, 0.1) is 12.2 Å². The second kappa shape index (κ2) is 7.79. The maximum atomic E-state index is 12.5. The number of amides is 1. The first-order valence-corrected chi connectivity index (χ1v) is 6.73. The van der Waals surface area contributed by atoms with E-state index in [0.717, 1.165) is 12.8 Å². The Hall–Kier alpha value is -1.55. The van der Waals surface area contributed by atoms with Gasteiger partial charge in [0.2, 0.25) is 0 Å². The third kappa shape index (κ3) is 3.96. The molecule has 1 amide bonds. The van der Waals surface area contributed by atoms with Crippen LogP contribution in [0, 0.1) is 0 Å². The number of carbonyl (C=O) groups is 1. The fourth-order valence-corrected chi connectivity index (χ4v) is 2.18. The number of nitrogens with zero attached hydrogens (tertiary/aromatic N) is 1. The number of para-hydroxylation sites is 1. The van der Waals surface area contributed by atoms with Crippen molar-refractivity contribution in [2.45, 2.75) is 32.7 Å². The molecule has 0 aliphatic heterocycles. The van der Waals surface area contributed by atoms with E-state index in [1.165, 1.54) is 6.07 Å². The summed E-state index contributed by atoms with van der Waals surface area (Å²) in [4.78, 5) is 14.3. The van der Waals surface area contributed by atoms with Crippen molar-refractivity contribution in [1.82, 2.24) is 4.90 Å². The molecule has 0 spiro atoms. The van der Waals surface area contributed by atoms with Crippen molar-refractivity contribution in [1.29, 1.82) is 0 Å². The third-order valence-electron chi connectivity index (χ3n) is 3.31. The largest absolute Gasteiger partial charge is 0.507 e. The molecule has 4 heteroatoms. The molecule has 0 saturated heterocycles. The standard InChI is InChI=1S/C15H23NO3/c1-4-12(5-2)16(10-11-19-3)15(18)13-8-6-7-9-14(13)17/h6-9,12,17H,4-5,10-11H2,1-3H3. The summed E-state index contributed by atoms with van der Waals surface area (Å²) >= 11 is 0. The highest BCUT2D eigenvalue weighted by Gasteiger charge is 2.23. The summed E-state index contributed by atoms with van der Waals surface area (Å²) < 4.78 is 5.07. The van der Waals surface area contributed by atoms with Gasteiger partial charge in [0.1, 0.15) is 5.75 Å². The summed E-state index contributed by atoms with van der Waals surface area (Å²) in [5.41, 5.74) is 0.352. The van der Waals surface area contributed by atoms with Gasteiger partial charge in [-0.25, -0.2) is 0 Å². The highest BCUT2D eigenvalue weighted by atomic mass is 16.5. The predicted molar refractivity (Wildman–Crippen MR) is 75.4 cm³/mol. The Kier molecular flexibility index (Phi) is 6.36. The third-order valence-corrected chi connectivity index (χ3v) is 3.31. The van der Waals surface area contributed by atoms with Crippen molar-refractivity contribution in [2.24, 2.45) is 0 Å². The van der Waals surface area contributed by atoms with Gasteiger partial charge < -0.3 is 14.7 Å². The van der Waals surface area contributed by atoms with E-state index in [0.29, 0.717) is 18.7 Å². The second-order valence-corrected chi connectivity index (χ2v) is 4.48. The summed E-state index contributed by atoms with van der Waals surface area (Å²) in [5.74, 6) is -0.107. The number of ether oxygens (including phenoxy) is 1. The van der Waals surface area contributed by atoms with Crippen LogP contribution in [0.2, 0.25) is 0 Å². The molecule has 1 rings (SSSR count). The van der Waals surface area contributed by atoms with Crippen molar-refractivity contribution in [3.8, 4) is 5.75 Å². The molecular formula is C15H23NO3. The average Bonchev–Trinajstić information content (AvgIpc) is 2.43. The number of hydrogen-bond acceptors (Lipinski definition) is 3. The van der Waals surface area contributed by atoms with E-state index in [1.54, 1.807) is 30.2 Å². The second-order valence-electron chi connectivity index (χ2n) is 4.48. The Morgan fingerprint density at radius 2 is 1.95 bits per heavy atom. The van der Waals surface area contributed by atoms with Crippen LogP contribution in [-0.4, -0.2) is 42.2 Å². The zero-order valence-corrected chi connectivity index (χ0v) is 11.9. The first-order chi connectivity index (χ1) is 9.15. The molecule has 0 saturated carbocycles. The number of phenols is 1. The Bertz CT molecular complexity index is 402. The molecule has 1 N–H and O–H groups in total. The highest BCUT2D eigenvalue weighted by molar-refractivity contribution is 5.97. The number of carbonyl (C=O) groups excluding carboxylic acids is 1. The highest BCUT2D eigenvalue weighted by Crippen LogP contribution is 2.20. The minimum atomic E-state index is -0.135. The lowest BCUT2D eigenvalue weighted by Crippen LogP contribution is -2.41. The van der Waals surface area contributed by atoms with Gasteiger partial charge in [-0.15, -0.1) is 0 Å². The Morgan fingerprint density at radius 1 is 1.32 bits per heavy atom. The Morgan fingerprint density at radius 3 is 2.47 bits per heavy atom. The van der Waals surface area contributed by atoms with Crippen LogP contribution < -0.4 is 0 Å². The SMILES string of the molecule is CCC(CC)N(CCOC)C(=O)c1ccccc1O. The fourth-order valence-electron chi connectivity index (χ4n) is 2.18. The van der Waals surface area contributed by atoms with Gasteiger partial charge in [-0.3, -0.25) is 4.79 Å². The molecule has 0 heterocycles. The van der Waals surface area contributed by atoms with Gasteiger partial charge in [-0.05, 0) is 25.0 Å². The molecule has 19 heavy (non-hydrogen) atoms. The zero-order valence-electron chi connectivity index (χ0n) is 11.9. The molecule has 4 nitrogen and oxygen atoms in total. The number of rotatable bonds is 7. The fraction of sp³-hybridized carbons (Fsp3) is 0.533. The van der Waals surface area contributed by atoms with Crippen molar-refractivity contribution >= 4 is 5.91 Å². The summed E-state index contributed by atoms with van der Waals surface area (Å²) in [6, 6.07) is 6.83. The van der Waals surface area contributed by atoms with Crippen LogP contribution in [0.15, 0.2) is 24.3 Å². The maximum absolute atomic E-state index is 12.5. The predicted octanol–water partition coefficient (Wildman–Crippen LogP) is 2.67. The molecule has 0 aliphatic rings. The number of hydrogen-bond donors (Lipinski definition) is 1. The molecule has 1 aromatic carbocycles. The van der Waals surface area contributed by atoms with Crippen LogP contribution in [0.4, 0.5) is 0 Å². The van der Waals surface area contributed by atoms with Gasteiger partial charge in [-0.2, -0.15) is 0 Å². The van der Waals surface area contributed by atoms with E-state index in [4.69, 9.17) is 4.74 Å². The van der Waals surface area contributed by atoms with E-state index in [2.05, 4.69) is 13.8 Å². The monoisotopic (exact) mass is 265 g/mol. The molecule has 0 fully saturated rings. The minimum Gasteiger partial charge on any atom is -0.507 e. The molecule has 0 aliphatic carbocycles. The molecule has 0 aromatic heterocycles. The van der Waals surface area contributed by atoms with E-state index in [1.807, 2.05) is 0 Å². The number of phenolic OH excluding ortho intramolecular Hbond substituents is 1. The van der Waals surface area contributed by atoms with Gasteiger partial charge in [0.15, 0.2) is 0 Å². The van der Waals surface area contributed by atoms with Crippen LogP contribution in [0.3, 0.4) is 0 Å². The van der Waals surface area contributed by atoms with Crippen LogP contribution in [0.5, 0.6) is 5.75 Å².